The monoisotopic (exact) mass is 327 g/mol. The summed E-state index contributed by atoms with van der Waals surface area (Å²) >= 11 is 3.48. The molecule has 3 rings (SSSR count). The first-order valence-electron chi connectivity index (χ1n) is 6.47. The molecule has 100 valence electrons. The zero-order valence-corrected chi connectivity index (χ0v) is 12.5. The molecule has 3 nitrogen and oxygen atoms in total. The van der Waals surface area contributed by atoms with Crippen LogP contribution in [0.1, 0.15) is 11.3 Å². The number of nitrogens with one attached hydrogen (secondary N) is 1. The number of nitrogens with zero attached hydrogens (tertiary/aromatic N) is 2. The Balaban J connectivity index is 1.65. The van der Waals surface area contributed by atoms with E-state index in [-0.39, 0.29) is 0 Å². The molecular weight excluding hydrogens is 314 g/mol. The molecule has 1 heterocycles. The first-order chi connectivity index (χ1) is 9.81. The molecule has 1 aromatic heterocycles. The molecule has 3 aromatic rings. The molecule has 20 heavy (non-hydrogen) atoms. The second kappa shape index (κ2) is 6.11. The number of benzene rings is 2. The van der Waals surface area contributed by atoms with Crippen LogP contribution < -0.4 is 5.32 Å². The van der Waals surface area contributed by atoms with Crippen LogP contribution >= 0.6 is 15.9 Å². The fourth-order valence-corrected chi connectivity index (χ4v) is 2.51. The van der Waals surface area contributed by atoms with Gasteiger partial charge in [0, 0.05) is 17.6 Å². The van der Waals surface area contributed by atoms with Crippen LogP contribution in [0.25, 0.3) is 11.0 Å². The first kappa shape index (κ1) is 13.2. The van der Waals surface area contributed by atoms with Gasteiger partial charge in [0.25, 0.3) is 0 Å². The summed E-state index contributed by atoms with van der Waals surface area (Å²) in [7, 11) is 0. The number of hydrogen-bond donors (Lipinski definition) is 1. The van der Waals surface area contributed by atoms with Crippen LogP contribution in [0.5, 0.6) is 0 Å². The topological polar surface area (TPSA) is 37.8 Å². The molecule has 0 radical (unpaired) electrons. The maximum Gasteiger partial charge on any atom is 0.0890 e. The van der Waals surface area contributed by atoms with E-state index in [0.29, 0.717) is 6.54 Å². The molecular formula is C16H14BrN3. The van der Waals surface area contributed by atoms with Crippen LogP contribution in [0.4, 0.5) is 0 Å². The summed E-state index contributed by atoms with van der Waals surface area (Å²) < 4.78 is 1.10. The molecule has 0 saturated carbocycles. The van der Waals surface area contributed by atoms with Crippen LogP contribution in [0.15, 0.2) is 59.2 Å². The van der Waals surface area contributed by atoms with Crippen molar-refractivity contribution < 1.29 is 0 Å². The summed E-state index contributed by atoms with van der Waals surface area (Å²) in [6.45, 7) is 1.53. The summed E-state index contributed by atoms with van der Waals surface area (Å²) in [5.41, 5.74) is 4.07. The number of halogens is 1. The zero-order valence-electron chi connectivity index (χ0n) is 10.9. The highest BCUT2D eigenvalue weighted by Crippen LogP contribution is 2.12. The SMILES string of the molecule is Brc1cccc(CNCc2cnc3ccccc3n2)c1. The highest BCUT2D eigenvalue weighted by atomic mass is 79.9. The van der Waals surface area contributed by atoms with E-state index in [9.17, 15) is 0 Å². The van der Waals surface area contributed by atoms with Gasteiger partial charge in [-0.05, 0) is 29.8 Å². The molecule has 0 saturated heterocycles. The zero-order chi connectivity index (χ0) is 13.8. The minimum atomic E-state index is 0.713. The fraction of sp³-hybridized carbons (Fsp3) is 0.125. The molecule has 0 fully saturated rings. The molecule has 0 bridgehead atoms. The molecule has 1 N–H and O–H groups in total. The van der Waals surface area contributed by atoms with Crippen LogP contribution in [-0.4, -0.2) is 9.97 Å². The fourth-order valence-electron chi connectivity index (χ4n) is 2.06. The minimum absolute atomic E-state index is 0.713. The average molecular weight is 328 g/mol. The van der Waals surface area contributed by atoms with E-state index >= 15 is 0 Å². The first-order valence-corrected chi connectivity index (χ1v) is 7.26. The van der Waals surface area contributed by atoms with Crippen molar-refractivity contribution in [2.45, 2.75) is 13.1 Å². The van der Waals surface area contributed by atoms with Crippen LogP contribution in [0, 0.1) is 0 Å². The van der Waals surface area contributed by atoms with Crippen LogP contribution in [0.2, 0.25) is 0 Å². The lowest BCUT2D eigenvalue weighted by molar-refractivity contribution is 0.679. The molecule has 4 heteroatoms. The van der Waals surface area contributed by atoms with Crippen LogP contribution in [0.3, 0.4) is 0 Å². The summed E-state index contributed by atoms with van der Waals surface area (Å²) in [6.07, 6.45) is 1.83. The smallest absolute Gasteiger partial charge is 0.0890 e. The molecule has 0 aliphatic heterocycles. The number of hydrogen-bond acceptors (Lipinski definition) is 3. The van der Waals surface area contributed by atoms with Gasteiger partial charge in [-0.1, -0.05) is 40.2 Å². The summed E-state index contributed by atoms with van der Waals surface area (Å²) in [4.78, 5) is 9.00. The van der Waals surface area contributed by atoms with E-state index in [1.54, 1.807) is 0 Å². The van der Waals surface area contributed by atoms with Gasteiger partial charge in [0.1, 0.15) is 0 Å². The van der Waals surface area contributed by atoms with Gasteiger partial charge in [-0.25, -0.2) is 4.98 Å². The lowest BCUT2D eigenvalue weighted by Gasteiger charge is -2.05. The van der Waals surface area contributed by atoms with Crippen molar-refractivity contribution >= 4 is 27.0 Å². The van der Waals surface area contributed by atoms with Crippen molar-refractivity contribution in [3.05, 3.63) is 70.5 Å². The van der Waals surface area contributed by atoms with Gasteiger partial charge in [0.15, 0.2) is 0 Å². The minimum Gasteiger partial charge on any atom is -0.307 e. The van der Waals surface area contributed by atoms with Crippen molar-refractivity contribution in [2.75, 3.05) is 0 Å². The van der Waals surface area contributed by atoms with E-state index < -0.39 is 0 Å². The van der Waals surface area contributed by atoms with Gasteiger partial charge < -0.3 is 5.32 Å². The van der Waals surface area contributed by atoms with E-state index in [2.05, 4.69) is 43.3 Å². The Kier molecular flexibility index (Phi) is 4.04. The normalized spacial score (nSPS) is 10.8. The summed E-state index contributed by atoms with van der Waals surface area (Å²) in [5, 5.41) is 3.39. The lowest BCUT2D eigenvalue weighted by Crippen LogP contribution is -2.13. The van der Waals surface area contributed by atoms with Crippen molar-refractivity contribution in [3.8, 4) is 0 Å². The largest absolute Gasteiger partial charge is 0.307 e. The van der Waals surface area contributed by atoms with Crippen molar-refractivity contribution in [1.29, 1.82) is 0 Å². The molecule has 0 amide bonds. The third kappa shape index (κ3) is 3.21. The van der Waals surface area contributed by atoms with Gasteiger partial charge in [-0.3, -0.25) is 4.98 Å². The molecule has 0 atom stereocenters. The summed E-state index contributed by atoms with van der Waals surface area (Å²) in [6, 6.07) is 16.2. The van der Waals surface area contributed by atoms with Gasteiger partial charge in [-0.2, -0.15) is 0 Å². The van der Waals surface area contributed by atoms with E-state index in [1.165, 1.54) is 5.56 Å². The van der Waals surface area contributed by atoms with E-state index in [4.69, 9.17) is 0 Å². The molecule has 2 aromatic carbocycles. The molecule has 0 spiro atoms. The van der Waals surface area contributed by atoms with E-state index in [0.717, 1.165) is 27.7 Å². The quantitative estimate of drug-likeness (QED) is 0.794. The molecule has 0 aliphatic rings. The Morgan fingerprint density at radius 1 is 0.950 bits per heavy atom. The van der Waals surface area contributed by atoms with Gasteiger partial charge >= 0.3 is 0 Å². The Morgan fingerprint density at radius 3 is 2.65 bits per heavy atom. The summed E-state index contributed by atoms with van der Waals surface area (Å²) in [5.74, 6) is 0. The number of para-hydroxylation sites is 2. The Labute approximate surface area is 126 Å². The second-order valence-electron chi connectivity index (χ2n) is 4.58. The number of fused-ring (bicyclic) bond motifs is 1. The highest BCUT2D eigenvalue weighted by molar-refractivity contribution is 9.10. The number of rotatable bonds is 4. The molecule has 0 aliphatic carbocycles. The van der Waals surface area contributed by atoms with Gasteiger partial charge in [0.2, 0.25) is 0 Å². The lowest BCUT2D eigenvalue weighted by atomic mass is 10.2. The van der Waals surface area contributed by atoms with Gasteiger partial charge in [0.05, 0.1) is 22.9 Å². The van der Waals surface area contributed by atoms with Crippen molar-refractivity contribution in [3.63, 3.8) is 0 Å². The Bertz CT molecular complexity index is 727. The Morgan fingerprint density at radius 2 is 1.80 bits per heavy atom. The Hall–Kier alpha value is -1.78. The number of aromatic nitrogens is 2. The van der Waals surface area contributed by atoms with Crippen molar-refractivity contribution in [2.24, 2.45) is 0 Å². The predicted octanol–water partition coefficient (Wildman–Crippen LogP) is 3.68. The standard InChI is InChI=1S/C16H14BrN3/c17-13-5-3-4-12(8-13)9-18-10-14-11-19-15-6-1-2-7-16(15)20-14/h1-8,11,18H,9-10H2. The third-order valence-electron chi connectivity index (χ3n) is 3.02. The third-order valence-corrected chi connectivity index (χ3v) is 3.52. The highest BCUT2D eigenvalue weighted by Gasteiger charge is 1.99. The van der Waals surface area contributed by atoms with Crippen LogP contribution in [-0.2, 0) is 13.1 Å². The van der Waals surface area contributed by atoms with E-state index in [1.807, 2.05) is 42.6 Å². The van der Waals surface area contributed by atoms with Crippen molar-refractivity contribution in [1.82, 2.24) is 15.3 Å². The molecule has 0 unspecified atom stereocenters. The predicted molar refractivity (Wildman–Crippen MR) is 84.2 cm³/mol. The maximum absolute atomic E-state index is 4.59. The second-order valence-corrected chi connectivity index (χ2v) is 5.50. The van der Waals surface area contributed by atoms with Gasteiger partial charge in [-0.15, -0.1) is 0 Å². The average Bonchev–Trinajstić information content (AvgIpc) is 2.47. The maximum atomic E-state index is 4.59.